The van der Waals surface area contributed by atoms with Crippen molar-refractivity contribution in [2.24, 2.45) is 16.1 Å². The van der Waals surface area contributed by atoms with Gasteiger partial charge < -0.3 is 35.4 Å². The molecule has 1 saturated carbocycles. The SMILES string of the molecule is NC1=NC(=O)C23CCCCCCCCCCCC1(C=CN2C1OC(COP(=O)(O)O)C(O)C1O)C3. The number of carbonyl (C=O) groups excluding carboxylic acids is 1. The maximum atomic E-state index is 13.5. The van der Waals surface area contributed by atoms with Crippen LogP contribution in [-0.4, -0.2) is 73.3 Å². The van der Waals surface area contributed by atoms with E-state index < -0.39 is 49.9 Å². The number of amidine groups is 1. The molecule has 198 valence electrons. The Kier molecular flexibility index (Phi) is 8.07. The molecule has 0 aromatic rings. The number of nitrogens with zero attached hydrogens (tertiary/aromatic N) is 2. The van der Waals surface area contributed by atoms with Gasteiger partial charge in [-0.05, 0) is 25.5 Å². The lowest BCUT2D eigenvalue weighted by molar-refractivity contribution is -0.154. The summed E-state index contributed by atoms with van der Waals surface area (Å²) in [6.07, 6.45) is 9.88. The van der Waals surface area contributed by atoms with Crippen LogP contribution in [0.3, 0.4) is 0 Å². The van der Waals surface area contributed by atoms with Crippen molar-refractivity contribution in [3.05, 3.63) is 12.3 Å². The van der Waals surface area contributed by atoms with Gasteiger partial charge in [0.2, 0.25) is 0 Å². The molecule has 3 aliphatic heterocycles. The Labute approximate surface area is 205 Å². The molecular weight excluding hydrogens is 477 g/mol. The van der Waals surface area contributed by atoms with E-state index in [0.29, 0.717) is 18.7 Å². The highest BCUT2D eigenvalue weighted by Gasteiger charge is 2.60. The first-order valence-electron chi connectivity index (χ1n) is 12.7. The maximum Gasteiger partial charge on any atom is 0.469 e. The molecule has 2 bridgehead atoms. The van der Waals surface area contributed by atoms with Gasteiger partial charge >= 0.3 is 7.82 Å². The predicted octanol–water partition coefficient (Wildman–Crippen LogP) is 1.69. The number of phosphoric acid groups is 1. The van der Waals surface area contributed by atoms with Crippen molar-refractivity contribution >= 4 is 19.6 Å². The number of amides is 1. The van der Waals surface area contributed by atoms with Gasteiger partial charge in [-0.15, -0.1) is 0 Å². The Morgan fingerprint density at radius 3 is 2.29 bits per heavy atom. The highest BCUT2D eigenvalue weighted by atomic mass is 31.2. The van der Waals surface area contributed by atoms with Crippen molar-refractivity contribution in [3.8, 4) is 0 Å². The molecule has 0 aromatic heterocycles. The topological polar surface area (TPSA) is 175 Å². The maximum absolute atomic E-state index is 13.5. The van der Waals surface area contributed by atoms with Gasteiger partial charge in [0.05, 0.1) is 12.0 Å². The summed E-state index contributed by atoms with van der Waals surface area (Å²) in [5.41, 5.74) is 4.70. The molecule has 6 unspecified atom stereocenters. The number of aliphatic hydroxyl groups is 2. The van der Waals surface area contributed by atoms with Gasteiger partial charge in [0.1, 0.15) is 29.7 Å². The summed E-state index contributed by atoms with van der Waals surface area (Å²) >= 11 is 0. The summed E-state index contributed by atoms with van der Waals surface area (Å²) in [6, 6.07) is 0. The molecule has 1 saturated heterocycles. The van der Waals surface area contributed by atoms with Crippen LogP contribution in [0.5, 0.6) is 0 Å². The number of aliphatic imine (C=N–C) groups is 1. The average molecular weight is 516 g/mol. The standard InChI is InChI=1S/C23H38N3O8P/c24-20-22-10-8-6-4-2-1-3-5-7-9-11-23(15-22,21(29)25-20)26(13-12-22)19-18(28)17(27)16(34-19)14-33-35(30,31)32/h12-13,16-19,27-28H,1-11,14-15H2,(H2,24,25,29)(H2,30,31,32). The van der Waals surface area contributed by atoms with Gasteiger partial charge in [-0.3, -0.25) is 9.32 Å². The molecule has 0 aromatic carbocycles. The van der Waals surface area contributed by atoms with Gasteiger partial charge in [0.25, 0.3) is 5.91 Å². The zero-order valence-corrected chi connectivity index (χ0v) is 20.9. The Morgan fingerprint density at radius 1 is 1.06 bits per heavy atom. The summed E-state index contributed by atoms with van der Waals surface area (Å²) in [5.74, 6) is -0.0655. The third kappa shape index (κ3) is 5.51. The van der Waals surface area contributed by atoms with Crippen molar-refractivity contribution in [2.45, 2.75) is 107 Å². The van der Waals surface area contributed by atoms with Gasteiger partial charge in [-0.1, -0.05) is 63.9 Å². The molecule has 4 rings (SSSR count). The number of ether oxygens (including phenoxy) is 1. The number of carbonyl (C=O) groups is 1. The minimum absolute atomic E-state index is 0.321. The van der Waals surface area contributed by atoms with Crippen molar-refractivity contribution in [1.29, 1.82) is 0 Å². The first kappa shape index (κ1) is 26.7. The van der Waals surface area contributed by atoms with Crippen molar-refractivity contribution in [1.82, 2.24) is 4.90 Å². The highest BCUT2D eigenvalue weighted by Crippen LogP contribution is 2.50. The van der Waals surface area contributed by atoms with E-state index in [2.05, 4.69) is 9.52 Å². The van der Waals surface area contributed by atoms with Crippen LogP contribution >= 0.6 is 7.82 Å². The van der Waals surface area contributed by atoms with E-state index in [1.165, 1.54) is 19.3 Å². The minimum atomic E-state index is -4.79. The molecule has 11 nitrogen and oxygen atoms in total. The number of hydrogen-bond donors (Lipinski definition) is 5. The molecule has 12 heteroatoms. The van der Waals surface area contributed by atoms with Gasteiger partial charge in [0.15, 0.2) is 6.23 Å². The highest BCUT2D eigenvalue weighted by molar-refractivity contribution is 7.46. The fraction of sp³-hybridized carbons (Fsp3) is 0.826. The molecule has 1 aliphatic carbocycles. The minimum Gasteiger partial charge on any atom is -0.387 e. The van der Waals surface area contributed by atoms with Crippen LogP contribution in [0, 0.1) is 5.41 Å². The second-order valence-corrected chi connectivity index (χ2v) is 11.6. The number of aliphatic hydroxyl groups excluding tert-OH is 2. The van der Waals surface area contributed by atoms with E-state index in [1.54, 1.807) is 11.1 Å². The molecule has 6 atom stereocenters. The third-order valence-electron chi connectivity index (χ3n) is 8.02. The van der Waals surface area contributed by atoms with Crippen LogP contribution in [0.4, 0.5) is 0 Å². The lowest BCUT2D eigenvalue weighted by atomic mass is 9.65. The molecule has 3 heterocycles. The van der Waals surface area contributed by atoms with E-state index >= 15 is 0 Å². The summed E-state index contributed by atoms with van der Waals surface area (Å²) in [5, 5.41) is 21.4. The quantitative estimate of drug-likeness (QED) is 0.346. The fourth-order valence-electron chi connectivity index (χ4n) is 6.04. The summed E-state index contributed by atoms with van der Waals surface area (Å²) < 4.78 is 21.5. The van der Waals surface area contributed by atoms with Crippen molar-refractivity contribution in [2.75, 3.05) is 6.61 Å². The predicted molar refractivity (Wildman–Crippen MR) is 127 cm³/mol. The summed E-state index contributed by atoms with van der Waals surface area (Å²) in [4.78, 5) is 37.5. The molecule has 6 N–H and O–H groups in total. The van der Waals surface area contributed by atoms with Crippen LogP contribution in [0.2, 0.25) is 0 Å². The second kappa shape index (κ2) is 10.6. The second-order valence-electron chi connectivity index (χ2n) is 10.4. The lowest BCUT2D eigenvalue weighted by Crippen LogP contribution is -2.66. The first-order chi connectivity index (χ1) is 16.6. The van der Waals surface area contributed by atoms with Gasteiger partial charge in [-0.2, -0.15) is 4.99 Å². The van der Waals surface area contributed by atoms with E-state index in [9.17, 15) is 19.6 Å². The van der Waals surface area contributed by atoms with Crippen LogP contribution in [-0.2, 0) is 18.6 Å². The van der Waals surface area contributed by atoms with Gasteiger partial charge in [-0.25, -0.2) is 4.57 Å². The Morgan fingerprint density at radius 2 is 1.66 bits per heavy atom. The van der Waals surface area contributed by atoms with Crippen LogP contribution < -0.4 is 5.73 Å². The lowest BCUT2D eigenvalue weighted by Gasteiger charge is -2.54. The average Bonchev–Trinajstić information content (AvgIpc) is 3.08. The third-order valence-corrected chi connectivity index (χ3v) is 8.50. The van der Waals surface area contributed by atoms with Crippen LogP contribution in [0.25, 0.3) is 0 Å². The summed E-state index contributed by atoms with van der Waals surface area (Å²) in [6.45, 7) is -0.605. The van der Waals surface area contributed by atoms with E-state index in [4.69, 9.17) is 20.3 Å². The molecule has 1 amide bonds. The fourth-order valence-corrected chi connectivity index (χ4v) is 6.38. The number of nitrogens with two attached hydrogens (primary N) is 1. The number of rotatable bonds is 4. The molecule has 0 radical (unpaired) electrons. The van der Waals surface area contributed by atoms with E-state index in [-0.39, 0.29) is 5.91 Å². The number of hydrogen-bond acceptors (Lipinski definition) is 8. The molecular formula is C23H38N3O8P. The molecule has 2 fully saturated rings. The number of phosphoric ester groups is 1. The van der Waals surface area contributed by atoms with E-state index in [1.807, 2.05) is 6.08 Å². The van der Waals surface area contributed by atoms with Gasteiger partial charge in [0, 0.05) is 0 Å². The largest absolute Gasteiger partial charge is 0.469 e. The van der Waals surface area contributed by atoms with E-state index in [0.717, 1.165) is 44.9 Å². The normalized spacial score (nSPS) is 39.3. The smallest absolute Gasteiger partial charge is 0.387 e. The van der Waals surface area contributed by atoms with Crippen LogP contribution in [0.1, 0.15) is 77.0 Å². The Balaban J connectivity index is 1.64. The molecule has 4 aliphatic rings. The Bertz CT molecular complexity index is 894. The summed E-state index contributed by atoms with van der Waals surface area (Å²) in [7, 11) is -4.79. The monoisotopic (exact) mass is 515 g/mol. The molecule has 0 spiro atoms. The van der Waals surface area contributed by atoms with Crippen molar-refractivity contribution < 1.29 is 38.6 Å². The zero-order chi connectivity index (χ0) is 25.3. The Hall–Kier alpha value is -1.33. The molecule has 35 heavy (non-hydrogen) atoms. The van der Waals surface area contributed by atoms with Crippen LogP contribution in [0.15, 0.2) is 17.3 Å². The van der Waals surface area contributed by atoms with Crippen molar-refractivity contribution in [3.63, 3.8) is 0 Å². The first-order valence-corrected chi connectivity index (χ1v) is 14.2. The zero-order valence-electron chi connectivity index (χ0n) is 20.0.